The molecule has 2 heterocycles. The van der Waals surface area contributed by atoms with Crippen LogP contribution in [0.5, 0.6) is 0 Å². The number of carbonyl (C=O) groups excluding carboxylic acids is 1. The molecule has 4 nitrogen and oxygen atoms in total. The van der Waals surface area contributed by atoms with Gasteiger partial charge in [-0.3, -0.25) is 9.78 Å². The van der Waals surface area contributed by atoms with Gasteiger partial charge in [0.1, 0.15) is 5.82 Å². The van der Waals surface area contributed by atoms with Gasteiger partial charge >= 0.3 is 0 Å². The Morgan fingerprint density at radius 1 is 1.06 bits per heavy atom. The van der Waals surface area contributed by atoms with E-state index in [1.165, 1.54) is 57.6 Å². The molecule has 0 bridgehead atoms. The van der Waals surface area contributed by atoms with E-state index in [4.69, 9.17) is 0 Å². The molecule has 1 unspecified atom stereocenters. The molecule has 2 fully saturated rings. The second kappa shape index (κ2) is 11.6. The summed E-state index contributed by atoms with van der Waals surface area (Å²) in [6, 6.07) is 11.4. The van der Waals surface area contributed by atoms with Gasteiger partial charge < -0.3 is 9.80 Å². The van der Waals surface area contributed by atoms with E-state index in [0.29, 0.717) is 30.9 Å². The highest BCUT2D eigenvalue weighted by Crippen LogP contribution is 2.28. The van der Waals surface area contributed by atoms with Crippen LogP contribution in [0, 0.1) is 11.7 Å². The van der Waals surface area contributed by atoms with Crippen LogP contribution in [0.15, 0.2) is 48.8 Å². The fourth-order valence-electron chi connectivity index (χ4n) is 5.40. The summed E-state index contributed by atoms with van der Waals surface area (Å²) in [4.78, 5) is 22.2. The first-order valence-electron chi connectivity index (χ1n) is 12.3. The van der Waals surface area contributed by atoms with E-state index in [1.807, 2.05) is 29.3 Å². The van der Waals surface area contributed by atoms with Gasteiger partial charge in [0, 0.05) is 44.5 Å². The largest absolute Gasteiger partial charge is 0.338 e. The van der Waals surface area contributed by atoms with Gasteiger partial charge in [0.2, 0.25) is 5.91 Å². The Kier molecular flexibility index (Phi) is 8.27. The van der Waals surface area contributed by atoms with Crippen molar-refractivity contribution < 1.29 is 9.18 Å². The van der Waals surface area contributed by atoms with Gasteiger partial charge in [-0.2, -0.15) is 0 Å². The van der Waals surface area contributed by atoms with Gasteiger partial charge in [-0.05, 0) is 67.8 Å². The zero-order valence-corrected chi connectivity index (χ0v) is 19.1. The summed E-state index contributed by atoms with van der Waals surface area (Å²) >= 11 is 0. The Balaban J connectivity index is 1.40. The average molecular weight is 438 g/mol. The monoisotopic (exact) mass is 437 g/mol. The first-order valence-corrected chi connectivity index (χ1v) is 12.3. The molecule has 1 aromatic heterocycles. The smallest absolute Gasteiger partial charge is 0.223 e. The van der Waals surface area contributed by atoms with Crippen LogP contribution in [-0.2, 0) is 17.8 Å². The van der Waals surface area contributed by atoms with Gasteiger partial charge in [-0.25, -0.2) is 4.39 Å². The second-order valence-electron chi connectivity index (χ2n) is 9.52. The molecular weight excluding hydrogens is 401 g/mol. The quantitative estimate of drug-likeness (QED) is 0.568. The molecule has 1 saturated heterocycles. The number of hydrogen-bond donors (Lipinski definition) is 0. The van der Waals surface area contributed by atoms with Crippen molar-refractivity contribution in [1.82, 2.24) is 14.8 Å². The maximum atomic E-state index is 14.0. The summed E-state index contributed by atoms with van der Waals surface area (Å²) in [5, 5.41) is 0. The van der Waals surface area contributed by atoms with Crippen LogP contribution in [0.4, 0.5) is 4.39 Å². The van der Waals surface area contributed by atoms with Crippen LogP contribution in [0.1, 0.15) is 62.5 Å². The SMILES string of the molecule is O=C(CCc1ccccc1F)N(Cc1cccnc1)CC1CCCN(C2CCCCC2)C1. The number of pyridine rings is 1. The Morgan fingerprint density at radius 3 is 2.69 bits per heavy atom. The molecule has 0 spiro atoms. The second-order valence-corrected chi connectivity index (χ2v) is 9.52. The maximum absolute atomic E-state index is 14.0. The van der Waals surface area contributed by atoms with E-state index in [2.05, 4.69) is 9.88 Å². The van der Waals surface area contributed by atoms with Crippen LogP contribution in [-0.4, -0.2) is 46.4 Å². The van der Waals surface area contributed by atoms with Crippen molar-refractivity contribution in [1.29, 1.82) is 0 Å². The minimum absolute atomic E-state index is 0.104. The number of aromatic nitrogens is 1. The number of carbonyl (C=O) groups is 1. The van der Waals surface area contributed by atoms with Crippen molar-refractivity contribution in [3.8, 4) is 0 Å². The van der Waals surface area contributed by atoms with Crippen LogP contribution >= 0.6 is 0 Å². The summed E-state index contributed by atoms with van der Waals surface area (Å²) in [5.41, 5.74) is 1.66. The predicted octanol–water partition coefficient (Wildman–Crippen LogP) is 5.23. The molecule has 1 saturated carbocycles. The molecule has 1 aromatic carbocycles. The zero-order chi connectivity index (χ0) is 22.2. The first-order chi connectivity index (χ1) is 15.7. The van der Waals surface area contributed by atoms with Gasteiger partial charge in [-0.1, -0.05) is 43.5 Å². The zero-order valence-electron chi connectivity index (χ0n) is 19.1. The van der Waals surface area contributed by atoms with Crippen molar-refractivity contribution in [3.63, 3.8) is 0 Å². The van der Waals surface area contributed by atoms with Crippen molar-refractivity contribution >= 4 is 5.91 Å². The Morgan fingerprint density at radius 2 is 1.91 bits per heavy atom. The highest BCUT2D eigenvalue weighted by Gasteiger charge is 2.29. The standard InChI is InChI=1S/C27H36FN3O/c28-26-13-5-4-10-24(26)14-15-27(32)31(19-22-8-6-16-29-18-22)21-23-9-7-17-30(20-23)25-11-2-1-3-12-25/h4-6,8,10,13,16,18,23,25H,1-3,7,9,11-12,14-15,17,19-21H2. The normalized spacial score (nSPS) is 20.2. The van der Waals surface area contributed by atoms with Crippen LogP contribution in [0.2, 0.25) is 0 Å². The number of benzene rings is 1. The number of halogens is 1. The van der Waals surface area contributed by atoms with Crippen molar-refractivity contribution in [3.05, 3.63) is 65.7 Å². The summed E-state index contributed by atoms with van der Waals surface area (Å²) in [5.74, 6) is 0.376. The number of aryl methyl sites for hydroxylation is 1. The Labute approximate surface area is 191 Å². The fraction of sp³-hybridized carbons (Fsp3) is 0.556. The summed E-state index contributed by atoms with van der Waals surface area (Å²) < 4.78 is 14.0. The van der Waals surface area contributed by atoms with Crippen molar-refractivity contribution in [2.24, 2.45) is 5.92 Å². The van der Waals surface area contributed by atoms with Crippen LogP contribution in [0.3, 0.4) is 0 Å². The third-order valence-electron chi connectivity index (χ3n) is 7.14. The molecule has 1 aliphatic carbocycles. The number of likely N-dealkylation sites (tertiary alicyclic amines) is 1. The van der Waals surface area contributed by atoms with Gasteiger partial charge in [0.05, 0.1) is 0 Å². The third-order valence-corrected chi connectivity index (χ3v) is 7.14. The lowest BCUT2D eigenvalue weighted by Gasteiger charge is -2.41. The lowest BCUT2D eigenvalue weighted by molar-refractivity contribution is -0.132. The molecular formula is C27H36FN3O. The van der Waals surface area contributed by atoms with E-state index in [0.717, 1.165) is 24.7 Å². The molecule has 1 amide bonds. The summed E-state index contributed by atoms with van der Waals surface area (Å²) in [6.07, 6.45) is 13.5. The van der Waals surface area contributed by atoms with Crippen molar-refractivity contribution in [2.45, 2.75) is 70.4 Å². The van der Waals surface area contributed by atoms with E-state index in [9.17, 15) is 9.18 Å². The number of rotatable bonds is 8. The molecule has 1 atom stereocenters. The molecule has 0 radical (unpaired) electrons. The minimum Gasteiger partial charge on any atom is -0.338 e. The van der Waals surface area contributed by atoms with Crippen LogP contribution < -0.4 is 0 Å². The molecule has 4 rings (SSSR count). The van der Waals surface area contributed by atoms with E-state index in [-0.39, 0.29) is 11.7 Å². The topological polar surface area (TPSA) is 36.4 Å². The molecule has 5 heteroatoms. The highest BCUT2D eigenvalue weighted by molar-refractivity contribution is 5.76. The summed E-state index contributed by atoms with van der Waals surface area (Å²) in [6.45, 7) is 3.64. The number of amides is 1. The molecule has 1 aliphatic heterocycles. The van der Waals surface area contributed by atoms with Gasteiger partial charge in [0.25, 0.3) is 0 Å². The van der Waals surface area contributed by atoms with Gasteiger partial charge in [0.15, 0.2) is 0 Å². The molecule has 2 aliphatic rings. The molecule has 2 aromatic rings. The predicted molar refractivity (Wildman–Crippen MR) is 126 cm³/mol. The summed E-state index contributed by atoms with van der Waals surface area (Å²) in [7, 11) is 0. The van der Waals surface area contributed by atoms with E-state index < -0.39 is 0 Å². The van der Waals surface area contributed by atoms with Crippen LogP contribution in [0.25, 0.3) is 0 Å². The van der Waals surface area contributed by atoms with Crippen molar-refractivity contribution in [2.75, 3.05) is 19.6 Å². The lowest BCUT2D eigenvalue weighted by atomic mass is 9.90. The fourth-order valence-corrected chi connectivity index (χ4v) is 5.40. The maximum Gasteiger partial charge on any atom is 0.223 e. The molecule has 0 N–H and O–H groups in total. The molecule has 32 heavy (non-hydrogen) atoms. The van der Waals surface area contributed by atoms with Gasteiger partial charge in [-0.15, -0.1) is 0 Å². The highest BCUT2D eigenvalue weighted by atomic mass is 19.1. The Bertz CT molecular complexity index is 853. The number of piperidine rings is 1. The number of hydrogen-bond acceptors (Lipinski definition) is 3. The minimum atomic E-state index is -0.227. The van der Waals surface area contributed by atoms with E-state index >= 15 is 0 Å². The lowest BCUT2D eigenvalue weighted by Crippen LogP contribution is -2.47. The number of nitrogens with zero attached hydrogens (tertiary/aromatic N) is 3. The molecule has 172 valence electrons. The van der Waals surface area contributed by atoms with E-state index in [1.54, 1.807) is 18.3 Å². The average Bonchev–Trinajstić information content (AvgIpc) is 2.84. The Hall–Kier alpha value is -2.27. The third kappa shape index (κ3) is 6.38. The first kappa shape index (κ1) is 22.9.